The Balaban J connectivity index is 1.85. The Bertz CT molecular complexity index is 972. The SMILES string of the molecule is CC(=O)N1CSC[C@H]1C(=O)N[C@@H]1COC(=O)c2ccccc2CSC[C@H](C(=O)N(C)C)NC1=O. The van der Waals surface area contributed by atoms with Crippen molar-refractivity contribution in [3.8, 4) is 0 Å². The zero-order chi connectivity index (χ0) is 24.8. The van der Waals surface area contributed by atoms with Crippen molar-refractivity contribution in [1.82, 2.24) is 20.4 Å². The molecular formula is C22H28N4O6S2. The van der Waals surface area contributed by atoms with Crippen LogP contribution in [0.2, 0.25) is 0 Å². The molecule has 184 valence electrons. The molecule has 0 spiro atoms. The van der Waals surface area contributed by atoms with E-state index in [2.05, 4.69) is 10.6 Å². The van der Waals surface area contributed by atoms with Gasteiger partial charge in [-0.3, -0.25) is 19.2 Å². The van der Waals surface area contributed by atoms with Crippen LogP contribution in [0.15, 0.2) is 24.3 Å². The van der Waals surface area contributed by atoms with Crippen LogP contribution in [0.1, 0.15) is 22.8 Å². The van der Waals surface area contributed by atoms with Gasteiger partial charge < -0.3 is 25.2 Å². The second-order valence-corrected chi connectivity index (χ2v) is 10.2. The highest BCUT2D eigenvalue weighted by Crippen LogP contribution is 2.22. The van der Waals surface area contributed by atoms with E-state index in [1.807, 2.05) is 12.1 Å². The first-order valence-electron chi connectivity index (χ1n) is 10.7. The number of rotatable bonds is 3. The highest BCUT2D eigenvalue weighted by molar-refractivity contribution is 7.99. The molecule has 0 bridgehead atoms. The van der Waals surface area contributed by atoms with Gasteiger partial charge in [-0.25, -0.2) is 4.79 Å². The van der Waals surface area contributed by atoms with Gasteiger partial charge in [0.05, 0.1) is 11.4 Å². The van der Waals surface area contributed by atoms with Gasteiger partial charge >= 0.3 is 5.97 Å². The van der Waals surface area contributed by atoms with E-state index in [1.165, 1.54) is 40.2 Å². The summed E-state index contributed by atoms with van der Waals surface area (Å²) in [7, 11) is 3.19. The summed E-state index contributed by atoms with van der Waals surface area (Å²) >= 11 is 2.84. The summed E-state index contributed by atoms with van der Waals surface area (Å²) in [5, 5.41) is 5.31. The number of benzene rings is 1. The zero-order valence-corrected chi connectivity index (χ0v) is 20.9. The Morgan fingerprint density at radius 1 is 1.15 bits per heavy atom. The zero-order valence-electron chi connectivity index (χ0n) is 19.2. The van der Waals surface area contributed by atoms with E-state index in [9.17, 15) is 24.0 Å². The average molecular weight is 509 g/mol. The molecule has 0 unspecified atom stereocenters. The van der Waals surface area contributed by atoms with Crippen LogP contribution in [0.5, 0.6) is 0 Å². The van der Waals surface area contributed by atoms with E-state index in [0.29, 0.717) is 22.9 Å². The predicted octanol–water partition coefficient (Wildman–Crippen LogP) is 0.0694. The molecule has 1 fully saturated rings. The normalized spacial score (nSPS) is 23.5. The minimum absolute atomic E-state index is 0.245. The van der Waals surface area contributed by atoms with Crippen molar-refractivity contribution in [2.24, 2.45) is 0 Å². The van der Waals surface area contributed by atoms with E-state index in [4.69, 9.17) is 4.74 Å². The first-order valence-corrected chi connectivity index (χ1v) is 13.0. The fourth-order valence-corrected chi connectivity index (χ4v) is 5.82. The maximum absolute atomic E-state index is 13.1. The van der Waals surface area contributed by atoms with Gasteiger partial charge in [0.2, 0.25) is 23.6 Å². The highest BCUT2D eigenvalue weighted by Gasteiger charge is 2.36. The monoisotopic (exact) mass is 508 g/mol. The topological polar surface area (TPSA) is 125 Å². The number of hydrogen-bond donors (Lipinski definition) is 2. The molecule has 10 nitrogen and oxygen atoms in total. The quantitative estimate of drug-likeness (QED) is 0.550. The Morgan fingerprint density at radius 3 is 2.59 bits per heavy atom. The lowest BCUT2D eigenvalue weighted by atomic mass is 10.1. The molecule has 3 atom stereocenters. The van der Waals surface area contributed by atoms with Crippen molar-refractivity contribution in [1.29, 1.82) is 0 Å². The number of fused-ring (bicyclic) bond motifs is 1. The van der Waals surface area contributed by atoms with Gasteiger partial charge in [0.25, 0.3) is 0 Å². The fourth-order valence-electron chi connectivity index (χ4n) is 3.55. The third-order valence-electron chi connectivity index (χ3n) is 5.44. The predicted molar refractivity (Wildman–Crippen MR) is 129 cm³/mol. The summed E-state index contributed by atoms with van der Waals surface area (Å²) in [6, 6.07) is 4.18. The number of hydrogen-bond acceptors (Lipinski definition) is 8. The molecule has 2 heterocycles. The van der Waals surface area contributed by atoms with E-state index in [-0.39, 0.29) is 17.6 Å². The van der Waals surface area contributed by atoms with Gasteiger partial charge in [0.15, 0.2) is 0 Å². The molecule has 2 aliphatic heterocycles. The molecule has 4 amide bonds. The number of likely N-dealkylation sites (N-methyl/N-ethyl adjacent to an activating group) is 1. The highest BCUT2D eigenvalue weighted by atomic mass is 32.2. The van der Waals surface area contributed by atoms with Crippen LogP contribution in [-0.2, 0) is 29.7 Å². The van der Waals surface area contributed by atoms with Crippen LogP contribution in [0, 0.1) is 0 Å². The minimum atomic E-state index is -1.23. The molecule has 3 rings (SSSR count). The van der Waals surface area contributed by atoms with Crippen LogP contribution in [-0.4, -0.2) is 95.6 Å². The van der Waals surface area contributed by atoms with Crippen molar-refractivity contribution < 1.29 is 28.7 Å². The molecule has 0 radical (unpaired) electrons. The number of amides is 4. The van der Waals surface area contributed by atoms with Gasteiger partial charge in [-0.1, -0.05) is 18.2 Å². The molecule has 1 aromatic rings. The Labute approximate surface area is 206 Å². The lowest BCUT2D eigenvalue weighted by molar-refractivity contribution is -0.139. The summed E-state index contributed by atoms with van der Waals surface area (Å²) in [4.78, 5) is 66.1. The number of carbonyl (C=O) groups is 5. The number of thioether (sulfide) groups is 2. The van der Waals surface area contributed by atoms with Crippen molar-refractivity contribution in [2.75, 3.05) is 38.1 Å². The molecule has 12 heteroatoms. The third kappa shape index (κ3) is 6.23. The van der Waals surface area contributed by atoms with E-state index < -0.39 is 42.5 Å². The fraction of sp³-hybridized carbons (Fsp3) is 0.500. The summed E-state index contributed by atoms with van der Waals surface area (Å²) in [5.41, 5.74) is 1.12. The van der Waals surface area contributed by atoms with Crippen molar-refractivity contribution in [3.05, 3.63) is 35.4 Å². The van der Waals surface area contributed by atoms with Crippen LogP contribution in [0.3, 0.4) is 0 Å². The average Bonchev–Trinajstić information content (AvgIpc) is 3.30. The molecule has 0 aromatic heterocycles. The van der Waals surface area contributed by atoms with Gasteiger partial charge in [0, 0.05) is 38.3 Å². The van der Waals surface area contributed by atoms with Crippen LogP contribution >= 0.6 is 23.5 Å². The summed E-state index contributed by atoms with van der Waals surface area (Å²) < 4.78 is 5.40. The first kappa shape index (κ1) is 25.9. The van der Waals surface area contributed by atoms with Gasteiger partial charge in [-0.2, -0.15) is 11.8 Å². The lowest BCUT2D eigenvalue weighted by Gasteiger charge is -2.27. The maximum atomic E-state index is 13.1. The van der Waals surface area contributed by atoms with Gasteiger partial charge in [-0.05, 0) is 11.6 Å². The second-order valence-electron chi connectivity index (χ2n) is 8.13. The molecule has 2 aliphatic rings. The summed E-state index contributed by atoms with van der Waals surface area (Å²) in [6.07, 6.45) is 0. The number of nitrogens with zero attached hydrogens (tertiary/aromatic N) is 2. The molecular weight excluding hydrogens is 480 g/mol. The molecule has 1 saturated heterocycles. The number of nitrogens with one attached hydrogen (secondary N) is 2. The molecule has 0 saturated carbocycles. The third-order valence-corrected chi connectivity index (χ3v) is 7.53. The number of esters is 1. The number of cyclic esters (lactones) is 1. The van der Waals surface area contributed by atoms with Crippen molar-refractivity contribution in [3.63, 3.8) is 0 Å². The standard InChI is InChI=1S/C22H28N4O6S2/c1-13(27)26-12-34-11-18(26)20(29)23-16-8-32-22(31)15-7-5-4-6-14(15)9-33-10-17(24-19(16)28)21(30)25(2)3/h4-7,16-18H,8-12H2,1-3H3,(H,23,29)(H,24,28)/t16-,17-,18+/m1/s1. The van der Waals surface area contributed by atoms with Crippen LogP contribution < -0.4 is 10.6 Å². The van der Waals surface area contributed by atoms with Crippen molar-refractivity contribution >= 4 is 53.1 Å². The molecule has 0 aliphatic carbocycles. The molecule has 1 aromatic carbocycles. The van der Waals surface area contributed by atoms with E-state index in [1.54, 1.807) is 26.2 Å². The Hall–Kier alpha value is -2.73. The second kappa shape index (κ2) is 11.6. The Morgan fingerprint density at radius 2 is 1.88 bits per heavy atom. The maximum Gasteiger partial charge on any atom is 0.338 e. The van der Waals surface area contributed by atoms with Crippen molar-refractivity contribution in [2.45, 2.75) is 30.8 Å². The minimum Gasteiger partial charge on any atom is -0.459 e. The first-order chi connectivity index (χ1) is 16.2. The number of ether oxygens (including phenoxy) is 1. The van der Waals surface area contributed by atoms with E-state index >= 15 is 0 Å². The summed E-state index contributed by atoms with van der Waals surface area (Å²) in [5.74, 6) is -0.787. The van der Waals surface area contributed by atoms with Gasteiger partial charge in [-0.15, -0.1) is 11.8 Å². The van der Waals surface area contributed by atoms with E-state index in [0.717, 1.165) is 5.56 Å². The number of carbonyl (C=O) groups excluding carboxylic acids is 5. The largest absolute Gasteiger partial charge is 0.459 e. The van der Waals surface area contributed by atoms with Crippen LogP contribution in [0.25, 0.3) is 0 Å². The summed E-state index contributed by atoms with van der Waals surface area (Å²) in [6.45, 7) is 0.962. The van der Waals surface area contributed by atoms with Crippen LogP contribution in [0.4, 0.5) is 0 Å². The molecule has 2 N–H and O–H groups in total. The van der Waals surface area contributed by atoms with Gasteiger partial charge in [0.1, 0.15) is 24.7 Å². The smallest absolute Gasteiger partial charge is 0.338 e. The molecule has 34 heavy (non-hydrogen) atoms. The lowest BCUT2D eigenvalue weighted by Crippen LogP contribution is -2.58. The Kier molecular flexibility index (Phi) is 8.84.